The first-order chi connectivity index (χ1) is 8.20. The van der Waals surface area contributed by atoms with Gasteiger partial charge in [-0.05, 0) is 36.2 Å². The molecule has 0 spiro atoms. The Balaban J connectivity index is 2.31. The summed E-state index contributed by atoms with van der Waals surface area (Å²) in [6.45, 7) is 2.13. The van der Waals surface area contributed by atoms with Gasteiger partial charge < -0.3 is 5.32 Å². The van der Waals surface area contributed by atoms with E-state index in [9.17, 15) is 0 Å². The van der Waals surface area contributed by atoms with Crippen molar-refractivity contribution in [2.45, 2.75) is 13.3 Å². The van der Waals surface area contributed by atoms with Crippen LogP contribution in [0.4, 0.5) is 11.4 Å². The molecule has 1 N–H and O–H groups in total. The lowest BCUT2D eigenvalue weighted by molar-refractivity contribution is 1.14. The maximum absolute atomic E-state index is 6.11. The average Bonchev–Trinajstić information content (AvgIpc) is 2.34. The van der Waals surface area contributed by atoms with E-state index in [1.54, 1.807) is 0 Å². The van der Waals surface area contributed by atoms with Crippen molar-refractivity contribution < 1.29 is 0 Å². The molecule has 0 aliphatic heterocycles. The highest BCUT2D eigenvalue weighted by atomic mass is 35.5. The lowest BCUT2D eigenvalue weighted by atomic mass is 10.1. The Hall–Kier alpha value is -1.18. The minimum Gasteiger partial charge on any atom is -0.353 e. The second-order valence-corrected chi connectivity index (χ2v) is 4.59. The van der Waals surface area contributed by atoms with E-state index in [-0.39, 0.29) is 0 Å². The number of rotatable bonds is 3. The molecule has 0 saturated heterocycles. The summed E-state index contributed by atoms with van der Waals surface area (Å²) in [6.07, 6.45) is 1.01. The van der Waals surface area contributed by atoms with Gasteiger partial charge in [0.25, 0.3) is 0 Å². The van der Waals surface area contributed by atoms with E-state index in [0.717, 1.165) is 17.8 Å². The number of hydrogen-bond donors (Lipinski definition) is 1. The summed E-state index contributed by atoms with van der Waals surface area (Å²) in [4.78, 5) is 0. The monoisotopic (exact) mass is 265 g/mol. The molecule has 0 bridgehead atoms. The standard InChI is InChI=1S/C14H13Cl2N/c1-2-10-5-3-6-11(9-10)17-14-12(15)7-4-8-13(14)16/h3-9,17H,2H2,1H3. The maximum atomic E-state index is 6.11. The Morgan fingerprint density at radius 3 is 2.29 bits per heavy atom. The van der Waals surface area contributed by atoms with Crippen molar-refractivity contribution in [3.05, 3.63) is 58.1 Å². The SMILES string of the molecule is CCc1cccc(Nc2c(Cl)cccc2Cl)c1. The van der Waals surface area contributed by atoms with Crippen LogP contribution in [0.15, 0.2) is 42.5 Å². The Morgan fingerprint density at radius 2 is 1.65 bits per heavy atom. The minimum atomic E-state index is 0.624. The molecule has 2 aromatic carbocycles. The predicted molar refractivity (Wildman–Crippen MR) is 75.6 cm³/mol. The summed E-state index contributed by atoms with van der Waals surface area (Å²) in [6, 6.07) is 13.7. The summed E-state index contributed by atoms with van der Waals surface area (Å²) in [5, 5.41) is 4.50. The van der Waals surface area contributed by atoms with Crippen LogP contribution < -0.4 is 5.32 Å². The molecular formula is C14H13Cl2N. The number of nitrogens with one attached hydrogen (secondary N) is 1. The highest BCUT2D eigenvalue weighted by Crippen LogP contribution is 2.32. The largest absolute Gasteiger partial charge is 0.353 e. The summed E-state index contributed by atoms with van der Waals surface area (Å²) < 4.78 is 0. The van der Waals surface area contributed by atoms with Gasteiger partial charge in [0.2, 0.25) is 0 Å². The highest BCUT2D eigenvalue weighted by Gasteiger charge is 2.05. The van der Waals surface area contributed by atoms with Crippen molar-refractivity contribution in [2.24, 2.45) is 0 Å². The van der Waals surface area contributed by atoms with Crippen LogP contribution in [0.5, 0.6) is 0 Å². The van der Waals surface area contributed by atoms with Crippen LogP contribution in [0.1, 0.15) is 12.5 Å². The lowest BCUT2D eigenvalue weighted by Crippen LogP contribution is -1.93. The third-order valence-corrected chi connectivity index (χ3v) is 3.20. The highest BCUT2D eigenvalue weighted by molar-refractivity contribution is 6.39. The van der Waals surface area contributed by atoms with E-state index in [0.29, 0.717) is 10.0 Å². The van der Waals surface area contributed by atoms with Crippen LogP contribution in [0.3, 0.4) is 0 Å². The number of benzene rings is 2. The van der Waals surface area contributed by atoms with Crippen LogP contribution in [0.2, 0.25) is 10.0 Å². The average molecular weight is 266 g/mol. The molecular weight excluding hydrogens is 253 g/mol. The normalized spacial score (nSPS) is 10.3. The first kappa shape index (κ1) is 12.3. The van der Waals surface area contributed by atoms with Crippen LogP contribution >= 0.6 is 23.2 Å². The fraction of sp³-hybridized carbons (Fsp3) is 0.143. The van der Waals surface area contributed by atoms with Gasteiger partial charge in [-0.15, -0.1) is 0 Å². The van der Waals surface area contributed by atoms with Gasteiger partial charge in [-0.3, -0.25) is 0 Å². The molecule has 0 amide bonds. The van der Waals surface area contributed by atoms with Crippen LogP contribution in [0, 0.1) is 0 Å². The van der Waals surface area contributed by atoms with Gasteiger partial charge in [0.15, 0.2) is 0 Å². The molecule has 3 heteroatoms. The van der Waals surface area contributed by atoms with Gasteiger partial charge in [-0.1, -0.05) is 48.3 Å². The lowest BCUT2D eigenvalue weighted by Gasteiger charge is -2.11. The van der Waals surface area contributed by atoms with Crippen molar-refractivity contribution in [1.82, 2.24) is 0 Å². The van der Waals surface area contributed by atoms with E-state index in [2.05, 4.69) is 24.4 Å². The first-order valence-corrected chi connectivity index (χ1v) is 6.26. The fourth-order valence-corrected chi connectivity index (χ4v) is 2.12. The van der Waals surface area contributed by atoms with Crippen molar-refractivity contribution >= 4 is 34.6 Å². The molecule has 0 aromatic heterocycles. The molecule has 2 rings (SSSR count). The van der Waals surface area contributed by atoms with E-state index >= 15 is 0 Å². The van der Waals surface area contributed by atoms with Crippen molar-refractivity contribution in [1.29, 1.82) is 0 Å². The number of anilines is 2. The van der Waals surface area contributed by atoms with E-state index < -0.39 is 0 Å². The summed E-state index contributed by atoms with van der Waals surface area (Å²) in [5.41, 5.74) is 3.03. The molecule has 0 aliphatic carbocycles. The van der Waals surface area contributed by atoms with Crippen LogP contribution in [-0.2, 0) is 6.42 Å². The molecule has 17 heavy (non-hydrogen) atoms. The number of para-hydroxylation sites is 1. The Labute approximate surface area is 111 Å². The van der Waals surface area contributed by atoms with E-state index in [1.807, 2.05) is 30.3 Å². The molecule has 88 valence electrons. The number of halogens is 2. The van der Waals surface area contributed by atoms with Crippen LogP contribution in [-0.4, -0.2) is 0 Å². The van der Waals surface area contributed by atoms with Gasteiger partial charge in [0.1, 0.15) is 0 Å². The predicted octanol–water partition coefficient (Wildman–Crippen LogP) is 5.30. The molecule has 0 aliphatic rings. The Bertz CT molecular complexity index is 503. The molecule has 0 fully saturated rings. The van der Waals surface area contributed by atoms with Crippen LogP contribution in [0.25, 0.3) is 0 Å². The molecule has 1 nitrogen and oxygen atoms in total. The molecule has 2 aromatic rings. The van der Waals surface area contributed by atoms with Crippen molar-refractivity contribution in [2.75, 3.05) is 5.32 Å². The maximum Gasteiger partial charge on any atom is 0.0762 e. The smallest absolute Gasteiger partial charge is 0.0762 e. The Morgan fingerprint density at radius 1 is 1.00 bits per heavy atom. The minimum absolute atomic E-state index is 0.624. The zero-order chi connectivity index (χ0) is 12.3. The van der Waals surface area contributed by atoms with Gasteiger partial charge >= 0.3 is 0 Å². The summed E-state index contributed by atoms with van der Waals surface area (Å²) in [5.74, 6) is 0. The van der Waals surface area contributed by atoms with Gasteiger partial charge in [-0.25, -0.2) is 0 Å². The summed E-state index contributed by atoms with van der Waals surface area (Å²) >= 11 is 12.2. The van der Waals surface area contributed by atoms with Gasteiger partial charge in [0.05, 0.1) is 15.7 Å². The van der Waals surface area contributed by atoms with Gasteiger partial charge in [-0.2, -0.15) is 0 Å². The quantitative estimate of drug-likeness (QED) is 0.794. The zero-order valence-corrected chi connectivity index (χ0v) is 11.0. The van der Waals surface area contributed by atoms with Gasteiger partial charge in [0, 0.05) is 5.69 Å². The second-order valence-electron chi connectivity index (χ2n) is 3.78. The topological polar surface area (TPSA) is 12.0 Å². The fourth-order valence-electron chi connectivity index (χ4n) is 1.63. The molecule has 0 unspecified atom stereocenters. The van der Waals surface area contributed by atoms with Crippen molar-refractivity contribution in [3.8, 4) is 0 Å². The Kier molecular flexibility index (Phi) is 3.93. The third-order valence-electron chi connectivity index (χ3n) is 2.57. The first-order valence-electron chi connectivity index (χ1n) is 5.50. The van der Waals surface area contributed by atoms with E-state index in [4.69, 9.17) is 23.2 Å². The molecule has 0 saturated carbocycles. The van der Waals surface area contributed by atoms with E-state index in [1.165, 1.54) is 5.56 Å². The third kappa shape index (κ3) is 2.93. The molecule has 0 radical (unpaired) electrons. The second kappa shape index (κ2) is 5.44. The van der Waals surface area contributed by atoms with Crippen molar-refractivity contribution in [3.63, 3.8) is 0 Å². The summed E-state index contributed by atoms with van der Waals surface area (Å²) in [7, 11) is 0. The molecule has 0 atom stereocenters. The number of aryl methyl sites for hydroxylation is 1. The molecule has 0 heterocycles. The zero-order valence-electron chi connectivity index (χ0n) is 9.50. The number of hydrogen-bond acceptors (Lipinski definition) is 1.